The summed E-state index contributed by atoms with van der Waals surface area (Å²) in [5, 5.41) is 11.8. The Hall–Kier alpha value is -2.28. The van der Waals surface area contributed by atoms with Gasteiger partial charge in [-0.2, -0.15) is 4.99 Å². The number of aliphatic imine (C=N–C) groups is 1. The molecule has 0 unspecified atom stereocenters. The minimum absolute atomic E-state index is 0.126. The summed E-state index contributed by atoms with van der Waals surface area (Å²) in [6, 6.07) is 7.30. The monoisotopic (exact) mass is 416 g/mol. The van der Waals surface area contributed by atoms with E-state index < -0.39 is 5.91 Å². The first kappa shape index (κ1) is 18.1. The van der Waals surface area contributed by atoms with Gasteiger partial charge in [0, 0.05) is 22.6 Å². The normalized spacial score (nSPS) is 17.7. The van der Waals surface area contributed by atoms with Gasteiger partial charge in [-0.3, -0.25) is 15.1 Å². The van der Waals surface area contributed by atoms with Crippen molar-refractivity contribution in [1.82, 2.24) is 9.47 Å². The fourth-order valence-corrected chi connectivity index (χ4v) is 4.35. The average molecular weight is 417 g/mol. The molecule has 0 spiro atoms. The number of nitrogens with zero attached hydrogens (tertiary/aromatic N) is 3. The molecule has 0 radical (unpaired) electrons. The molecule has 4 rings (SSSR count). The maximum Gasteiger partial charge on any atom is 0.283 e. The highest BCUT2D eigenvalue weighted by Crippen LogP contribution is 2.31. The fourth-order valence-electron chi connectivity index (χ4n) is 3.15. The van der Waals surface area contributed by atoms with Gasteiger partial charge in [0.05, 0.1) is 16.3 Å². The number of benzene rings is 1. The van der Waals surface area contributed by atoms with Crippen molar-refractivity contribution in [3.05, 3.63) is 68.4 Å². The number of fused-ring (bicyclic) bond motifs is 1. The molecule has 5 nitrogen and oxygen atoms in total. The van der Waals surface area contributed by atoms with Gasteiger partial charge in [0.1, 0.15) is 5.84 Å². The number of nitrogens with one attached hydrogen (secondary N) is 1. The molecule has 136 valence electrons. The Labute approximate surface area is 170 Å². The van der Waals surface area contributed by atoms with Crippen LogP contribution in [0.3, 0.4) is 0 Å². The van der Waals surface area contributed by atoms with E-state index in [2.05, 4.69) is 4.99 Å². The first-order chi connectivity index (χ1) is 12.9. The maximum absolute atomic E-state index is 12.4. The summed E-state index contributed by atoms with van der Waals surface area (Å²) in [6.45, 7) is 3.91. The molecule has 0 saturated heterocycles. The number of hydrogen-bond donors (Lipinski definition) is 1. The Kier molecular flexibility index (Phi) is 4.50. The number of amidine groups is 2. The van der Waals surface area contributed by atoms with Crippen LogP contribution >= 0.6 is 35.0 Å². The van der Waals surface area contributed by atoms with E-state index >= 15 is 0 Å². The Bertz CT molecular complexity index is 1100. The number of thioether (sulfide) groups is 1. The van der Waals surface area contributed by atoms with Crippen molar-refractivity contribution in [2.45, 2.75) is 13.8 Å². The summed E-state index contributed by atoms with van der Waals surface area (Å²) in [7, 11) is 0. The minimum atomic E-state index is -0.406. The van der Waals surface area contributed by atoms with E-state index in [9.17, 15) is 4.79 Å². The van der Waals surface area contributed by atoms with Gasteiger partial charge < -0.3 is 4.57 Å². The van der Waals surface area contributed by atoms with E-state index in [0.717, 1.165) is 22.6 Å². The molecule has 0 atom stereocenters. The summed E-state index contributed by atoms with van der Waals surface area (Å²) >= 11 is 13.7. The SMILES string of the molecule is Cc1cc(/C=C2\C(=N)N3C=CSC3=NC2=O)c(C)n1-c1ccc(Cl)cc1Cl. The molecule has 1 aromatic carbocycles. The molecule has 2 aliphatic rings. The number of hydrogen-bond acceptors (Lipinski definition) is 3. The summed E-state index contributed by atoms with van der Waals surface area (Å²) in [5.74, 6) is -0.280. The zero-order chi connectivity index (χ0) is 19.3. The number of amides is 1. The van der Waals surface area contributed by atoms with E-state index in [1.54, 1.807) is 34.7 Å². The van der Waals surface area contributed by atoms with E-state index in [0.29, 0.717) is 15.2 Å². The summed E-state index contributed by atoms with van der Waals surface area (Å²) < 4.78 is 2.00. The highest BCUT2D eigenvalue weighted by molar-refractivity contribution is 8.16. The smallest absolute Gasteiger partial charge is 0.283 e. The number of carbonyl (C=O) groups is 1. The second-order valence-electron chi connectivity index (χ2n) is 6.14. The lowest BCUT2D eigenvalue weighted by atomic mass is 10.1. The van der Waals surface area contributed by atoms with E-state index in [4.69, 9.17) is 28.6 Å². The van der Waals surface area contributed by atoms with Gasteiger partial charge in [-0.1, -0.05) is 35.0 Å². The van der Waals surface area contributed by atoms with Gasteiger partial charge in [0.25, 0.3) is 5.91 Å². The van der Waals surface area contributed by atoms with Gasteiger partial charge in [-0.05, 0) is 55.2 Å². The predicted octanol–water partition coefficient (Wildman–Crippen LogP) is 5.18. The third-order valence-electron chi connectivity index (χ3n) is 4.43. The molecule has 3 heterocycles. The van der Waals surface area contributed by atoms with Crippen LogP contribution in [0.4, 0.5) is 0 Å². The van der Waals surface area contributed by atoms with Gasteiger partial charge in [0.15, 0.2) is 5.17 Å². The molecule has 1 aromatic heterocycles. The molecule has 0 fully saturated rings. The lowest BCUT2D eigenvalue weighted by Gasteiger charge is -2.22. The van der Waals surface area contributed by atoms with Crippen molar-refractivity contribution in [3.8, 4) is 5.69 Å². The Morgan fingerprint density at radius 2 is 2.00 bits per heavy atom. The van der Waals surface area contributed by atoms with Crippen molar-refractivity contribution in [2.75, 3.05) is 0 Å². The van der Waals surface area contributed by atoms with Gasteiger partial charge >= 0.3 is 0 Å². The van der Waals surface area contributed by atoms with Crippen LogP contribution in [-0.2, 0) is 4.79 Å². The molecule has 2 aromatic rings. The molecule has 0 bridgehead atoms. The lowest BCUT2D eigenvalue weighted by molar-refractivity contribution is -0.114. The number of aromatic nitrogens is 1. The van der Waals surface area contributed by atoms with E-state index in [1.807, 2.05) is 30.5 Å². The third kappa shape index (κ3) is 3.04. The third-order valence-corrected chi connectivity index (χ3v) is 5.73. The quantitative estimate of drug-likeness (QED) is 0.686. The highest BCUT2D eigenvalue weighted by Gasteiger charge is 2.31. The molecule has 2 aliphatic heterocycles. The molecule has 8 heteroatoms. The highest BCUT2D eigenvalue weighted by atomic mass is 35.5. The molecular formula is C19H14Cl2N4OS. The Morgan fingerprint density at radius 1 is 1.22 bits per heavy atom. The molecule has 1 N–H and O–H groups in total. The van der Waals surface area contributed by atoms with Crippen molar-refractivity contribution in [3.63, 3.8) is 0 Å². The van der Waals surface area contributed by atoms with Crippen LogP contribution < -0.4 is 0 Å². The van der Waals surface area contributed by atoms with Crippen molar-refractivity contribution < 1.29 is 4.79 Å². The van der Waals surface area contributed by atoms with Crippen LogP contribution in [0.1, 0.15) is 17.0 Å². The van der Waals surface area contributed by atoms with Crippen molar-refractivity contribution in [2.24, 2.45) is 4.99 Å². The molecule has 1 amide bonds. The molecular weight excluding hydrogens is 403 g/mol. The second kappa shape index (κ2) is 6.71. The Morgan fingerprint density at radius 3 is 2.74 bits per heavy atom. The lowest BCUT2D eigenvalue weighted by Crippen LogP contribution is -2.35. The van der Waals surface area contributed by atoms with Crippen LogP contribution in [0.5, 0.6) is 0 Å². The summed E-state index contributed by atoms with van der Waals surface area (Å²) in [5.41, 5.74) is 3.77. The first-order valence-electron chi connectivity index (χ1n) is 8.07. The van der Waals surface area contributed by atoms with E-state index in [1.165, 1.54) is 11.8 Å². The zero-order valence-corrected chi connectivity index (χ0v) is 16.8. The fraction of sp³-hybridized carbons (Fsp3) is 0.105. The predicted molar refractivity (Wildman–Crippen MR) is 112 cm³/mol. The van der Waals surface area contributed by atoms with Crippen molar-refractivity contribution in [1.29, 1.82) is 5.41 Å². The molecule has 0 saturated carbocycles. The van der Waals surface area contributed by atoms with Crippen LogP contribution in [0, 0.1) is 19.3 Å². The van der Waals surface area contributed by atoms with Gasteiger partial charge in [-0.25, -0.2) is 0 Å². The number of halogens is 2. The molecule has 0 aliphatic carbocycles. The number of rotatable bonds is 2. The van der Waals surface area contributed by atoms with Crippen LogP contribution in [0.25, 0.3) is 11.8 Å². The maximum atomic E-state index is 12.4. The standard InChI is InChI=1S/C19H14Cl2N4OS/c1-10-7-12(11(2)25(10)16-4-3-13(20)9-15(16)21)8-14-17(22)24-5-6-27-19(24)23-18(14)26/h3-9,22H,1-2H3/b14-8+,22-17?. The summed E-state index contributed by atoms with van der Waals surface area (Å²) in [4.78, 5) is 18.1. The van der Waals surface area contributed by atoms with Crippen molar-refractivity contribution >= 4 is 58.0 Å². The summed E-state index contributed by atoms with van der Waals surface area (Å²) in [6.07, 6.45) is 3.45. The number of carbonyl (C=O) groups excluding carboxylic acids is 1. The zero-order valence-electron chi connectivity index (χ0n) is 14.5. The van der Waals surface area contributed by atoms with Crippen LogP contribution in [0.2, 0.25) is 10.0 Å². The Balaban J connectivity index is 1.80. The minimum Gasteiger partial charge on any atom is -0.316 e. The first-order valence-corrected chi connectivity index (χ1v) is 9.71. The van der Waals surface area contributed by atoms with E-state index in [-0.39, 0.29) is 11.4 Å². The largest absolute Gasteiger partial charge is 0.316 e. The molecule has 27 heavy (non-hydrogen) atoms. The van der Waals surface area contributed by atoms with Crippen LogP contribution in [-0.4, -0.2) is 26.4 Å². The average Bonchev–Trinajstić information content (AvgIpc) is 3.17. The van der Waals surface area contributed by atoms with Crippen LogP contribution in [0.15, 0.2) is 46.4 Å². The number of aryl methyl sites for hydroxylation is 1. The topological polar surface area (TPSA) is 61.5 Å². The van der Waals surface area contributed by atoms with Gasteiger partial charge in [0.2, 0.25) is 0 Å². The van der Waals surface area contributed by atoms with Gasteiger partial charge in [-0.15, -0.1) is 0 Å². The second-order valence-corrected chi connectivity index (χ2v) is 7.85.